The minimum Gasteiger partial charge on any atom is -0.482 e. The zero-order valence-corrected chi connectivity index (χ0v) is 18.7. The molecule has 1 saturated heterocycles. The number of hydrogen-bond donors (Lipinski definition) is 1. The van der Waals surface area contributed by atoms with Crippen molar-refractivity contribution in [1.29, 1.82) is 0 Å². The first-order valence-corrected chi connectivity index (χ1v) is 11.2. The summed E-state index contributed by atoms with van der Waals surface area (Å²) in [5.74, 6) is 0.309. The van der Waals surface area contributed by atoms with Crippen molar-refractivity contribution in [2.75, 3.05) is 32.9 Å². The maximum atomic E-state index is 12.4. The first kappa shape index (κ1) is 22.3. The van der Waals surface area contributed by atoms with Gasteiger partial charge in [0.05, 0.1) is 18.2 Å². The van der Waals surface area contributed by atoms with Gasteiger partial charge in [-0.15, -0.1) is 0 Å². The molecule has 1 heterocycles. The number of ether oxygens (including phenoxy) is 2. The van der Waals surface area contributed by atoms with Crippen molar-refractivity contribution < 1.29 is 14.3 Å². The SMILES string of the molecule is O=C(COc1ccc(-c2ccccc2)cc1Cl)NCc1ccccc1CN1CCOCC1. The summed E-state index contributed by atoms with van der Waals surface area (Å²) in [5, 5.41) is 3.43. The van der Waals surface area contributed by atoms with Crippen LogP contribution in [0.3, 0.4) is 0 Å². The minimum absolute atomic E-state index is 0.0873. The topological polar surface area (TPSA) is 50.8 Å². The standard InChI is InChI=1S/C26H27ClN2O3/c27-24-16-21(20-6-2-1-3-7-20)10-11-25(24)32-19-26(30)28-17-22-8-4-5-9-23(22)18-29-12-14-31-15-13-29/h1-11,16H,12-15,17-19H2,(H,28,30). The number of nitrogens with zero attached hydrogens (tertiary/aromatic N) is 1. The molecule has 32 heavy (non-hydrogen) atoms. The van der Waals surface area contributed by atoms with Crippen LogP contribution in [-0.4, -0.2) is 43.7 Å². The second kappa shape index (κ2) is 11.1. The van der Waals surface area contributed by atoms with E-state index < -0.39 is 0 Å². The Morgan fingerprint density at radius 2 is 1.66 bits per heavy atom. The van der Waals surface area contributed by atoms with Gasteiger partial charge >= 0.3 is 0 Å². The summed E-state index contributed by atoms with van der Waals surface area (Å²) in [5.41, 5.74) is 4.41. The van der Waals surface area contributed by atoms with Crippen molar-refractivity contribution in [1.82, 2.24) is 10.2 Å². The van der Waals surface area contributed by atoms with Crippen molar-refractivity contribution in [3.63, 3.8) is 0 Å². The highest BCUT2D eigenvalue weighted by Gasteiger charge is 2.13. The Bertz CT molecular complexity index is 1040. The Morgan fingerprint density at radius 1 is 0.938 bits per heavy atom. The summed E-state index contributed by atoms with van der Waals surface area (Å²) in [6, 6.07) is 23.8. The molecule has 1 aliphatic heterocycles. The molecule has 0 aliphatic carbocycles. The average Bonchev–Trinajstić information content (AvgIpc) is 2.84. The molecule has 4 rings (SSSR count). The zero-order valence-electron chi connectivity index (χ0n) is 17.9. The lowest BCUT2D eigenvalue weighted by Gasteiger charge is -2.27. The maximum Gasteiger partial charge on any atom is 0.258 e. The van der Waals surface area contributed by atoms with Crippen molar-refractivity contribution in [2.45, 2.75) is 13.1 Å². The Kier molecular flexibility index (Phi) is 7.77. The molecule has 0 aromatic heterocycles. The van der Waals surface area contributed by atoms with E-state index in [9.17, 15) is 4.79 Å². The van der Waals surface area contributed by atoms with E-state index >= 15 is 0 Å². The summed E-state index contributed by atoms with van der Waals surface area (Å²) >= 11 is 6.38. The van der Waals surface area contributed by atoms with E-state index in [1.165, 1.54) is 5.56 Å². The zero-order chi connectivity index (χ0) is 22.2. The van der Waals surface area contributed by atoms with E-state index in [1.54, 1.807) is 6.07 Å². The summed E-state index contributed by atoms with van der Waals surface area (Å²) in [6.07, 6.45) is 0. The monoisotopic (exact) mass is 450 g/mol. The fraction of sp³-hybridized carbons (Fsp3) is 0.269. The molecule has 1 fully saturated rings. The van der Waals surface area contributed by atoms with Crippen LogP contribution < -0.4 is 10.1 Å². The summed E-state index contributed by atoms with van der Waals surface area (Å²) in [6.45, 7) is 4.63. The lowest BCUT2D eigenvalue weighted by molar-refractivity contribution is -0.123. The molecule has 3 aromatic carbocycles. The molecule has 1 amide bonds. The highest BCUT2D eigenvalue weighted by Crippen LogP contribution is 2.30. The normalized spacial score (nSPS) is 14.2. The van der Waals surface area contributed by atoms with Crippen LogP contribution in [0.25, 0.3) is 11.1 Å². The second-order valence-corrected chi connectivity index (χ2v) is 8.14. The van der Waals surface area contributed by atoms with Crippen LogP contribution in [0.15, 0.2) is 72.8 Å². The van der Waals surface area contributed by atoms with Gasteiger partial charge in [0.25, 0.3) is 5.91 Å². The van der Waals surface area contributed by atoms with Gasteiger partial charge in [-0.3, -0.25) is 9.69 Å². The largest absolute Gasteiger partial charge is 0.482 e. The third-order valence-corrected chi connectivity index (χ3v) is 5.79. The number of nitrogens with one attached hydrogen (secondary N) is 1. The van der Waals surface area contributed by atoms with E-state index in [2.05, 4.69) is 22.3 Å². The Labute approximate surface area is 193 Å². The number of carbonyl (C=O) groups excluding carboxylic acids is 1. The Balaban J connectivity index is 1.29. The van der Waals surface area contributed by atoms with Gasteiger partial charge in [-0.25, -0.2) is 0 Å². The molecule has 0 atom stereocenters. The number of rotatable bonds is 8. The maximum absolute atomic E-state index is 12.4. The number of carbonyl (C=O) groups is 1. The average molecular weight is 451 g/mol. The molecule has 0 saturated carbocycles. The van der Waals surface area contributed by atoms with Crippen LogP contribution in [0.5, 0.6) is 5.75 Å². The first-order valence-electron chi connectivity index (χ1n) is 10.8. The van der Waals surface area contributed by atoms with Crippen molar-refractivity contribution in [2.24, 2.45) is 0 Å². The number of morpholine rings is 1. The molecule has 0 bridgehead atoms. The van der Waals surface area contributed by atoms with Gasteiger partial charge < -0.3 is 14.8 Å². The third-order valence-electron chi connectivity index (χ3n) is 5.49. The second-order valence-electron chi connectivity index (χ2n) is 7.73. The first-order chi connectivity index (χ1) is 15.7. The summed E-state index contributed by atoms with van der Waals surface area (Å²) < 4.78 is 11.1. The molecule has 0 unspecified atom stereocenters. The van der Waals surface area contributed by atoms with Gasteiger partial charge in [-0.05, 0) is 34.4 Å². The molecular weight excluding hydrogens is 424 g/mol. The summed E-state index contributed by atoms with van der Waals surface area (Å²) in [4.78, 5) is 14.8. The fourth-order valence-electron chi connectivity index (χ4n) is 3.70. The molecule has 0 spiro atoms. The predicted octanol–water partition coefficient (Wildman–Crippen LogP) is 4.53. The molecule has 5 nitrogen and oxygen atoms in total. The molecule has 0 radical (unpaired) electrons. The molecule has 1 aliphatic rings. The highest BCUT2D eigenvalue weighted by molar-refractivity contribution is 6.32. The molecule has 166 valence electrons. The van der Waals surface area contributed by atoms with E-state index in [0.29, 0.717) is 17.3 Å². The predicted molar refractivity (Wildman–Crippen MR) is 127 cm³/mol. The fourth-order valence-corrected chi connectivity index (χ4v) is 3.94. The quantitative estimate of drug-likeness (QED) is 0.547. The van der Waals surface area contributed by atoms with E-state index in [-0.39, 0.29) is 12.5 Å². The lowest BCUT2D eigenvalue weighted by atomic mass is 10.1. The van der Waals surface area contributed by atoms with Crippen LogP contribution in [0.1, 0.15) is 11.1 Å². The van der Waals surface area contributed by atoms with Gasteiger partial charge in [0.2, 0.25) is 0 Å². The van der Waals surface area contributed by atoms with Gasteiger partial charge in [0.15, 0.2) is 6.61 Å². The van der Waals surface area contributed by atoms with E-state index in [1.807, 2.05) is 54.6 Å². The van der Waals surface area contributed by atoms with E-state index in [0.717, 1.165) is 49.5 Å². The van der Waals surface area contributed by atoms with Gasteiger partial charge in [-0.2, -0.15) is 0 Å². The molecule has 1 N–H and O–H groups in total. The van der Waals surface area contributed by atoms with Crippen LogP contribution >= 0.6 is 11.6 Å². The van der Waals surface area contributed by atoms with Crippen LogP contribution in [0.4, 0.5) is 0 Å². The molecule has 3 aromatic rings. The molecular formula is C26H27ClN2O3. The smallest absolute Gasteiger partial charge is 0.258 e. The number of amides is 1. The van der Waals surface area contributed by atoms with Crippen LogP contribution in [0.2, 0.25) is 5.02 Å². The summed E-state index contributed by atoms with van der Waals surface area (Å²) in [7, 11) is 0. The Morgan fingerprint density at radius 3 is 2.41 bits per heavy atom. The number of halogens is 1. The number of benzene rings is 3. The third kappa shape index (κ3) is 6.10. The minimum atomic E-state index is -0.186. The van der Waals surface area contributed by atoms with Crippen molar-refractivity contribution in [3.05, 3.63) is 88.9 Å². The van der Waals surface area contributed by atoms with Gasteiger partial charge in [0, 0.05) is 26.2 Å². The van der Waals surface area contributed by atoms with Crippen molar-refractivity contribution in [3.8, 4) is 16.9 Å². The number of hydrogen-bond acceptors (Lipinski definition) is 4. The molecule has 6 heteroatoms. The lowest BCUT2D eigenvalue weighted by Crippen LogP contribution is -2.36. The van der Waals surface area contributed by atoms with Gasteiger partial charge in [0.1, 0.15) is 5.75 Å². The van der Waals surface area contributed by atoms with Crippen LogP contribution in [0, 0.1) is 0 Å². The van der Waals surface area contributed by atoms with Gasteiger partial charge in [-0.1, -0.05) is 72.3 Å². The Hall–Kier alpha value is -2.86. The van der Waals surface area contributed by atoms with Crippen molar-refractivity contribution >= 4 is 17.5 Å². The van der Waals surface area contributed by atoms with Crippen LogP contribution in [-0.2, 0) is 22.6 Å². The highest BCUT2D eigenvalue weighted by atomic mass is 35.5. The van der Waals surface area contributed by atoms with E-state index in [4.69, 9.17) is 21.1 Å².